The average molecular weight is 274 g/mol. The summed E-state index contributed by atoms with van der Waals surface area (Å²) in [6, 6.07) is 4.12. The van der Waals surface area contributed by atoms with Gasteiger partial charge in [0.15, 0.2) is 5.78 Å². The second-order valence-corrected chi connectivity index (χ2v) is 6.05. The number of ketones is 1. The molecule has 1 aromatic heterocycles. The van der Waals surface area contributed by atoms with E-state index in [4.69, 9.17) is 0 Å². The Morgan fingerprint density at radius 3 is 3.07 bits per heavy atom. The molecule has 1 fully saturated rings. The topological polar surface area (TPSA) is 29.1 Å². The molecule has 1 aromatic rings. The van der Waals surface area contributed by atoms with Crippen molar-refractivity contribution in [3.8, 4) is 0 Å². The average Bonchev–Trinajstić information content (AvgIpc) is 2.75. The summed E-state index contributed by atoms with van der Waals surface area (Å²) >= 11 is 5.04. The molecule has 1 atom stereocenters. The van der Waals surface area contributed by atoms with Crippen molar-refractivity contribution in [2.45, 2.75) is 25.3 Å². The first-order valence-electron chi connectivity index (χ1n) is 4.76. The van der Waals surface area contributed by atoms with Gasteiger partial charge < -0.3 is 5.32 Å². The van der Waals surface area contributed by atoms with E-state index in [1.54, 1.807) is 11.3 Å². The van der Waals surface area contributed by atoms with Crippen LogP contribution in [-0.2, 0) is 11.2 Å². The molecular formula is C10H12BrNOS. The van der Waals surface area contributed by atoms with Gasteiger partial charge in [-0.05, 0) is 47.4 Å². The molecule has 0 saturated carbocycles. The van der Waals surface area contributed by atoms with Crippen LogP contribution in [0.1, 0.15) is 17.7 Å². The minimum atomic E-state index is 0.107. The lowest BCUT2D eigenvalue weighted by atomic mass is 10.1. The Morgan fingerprint density at radius 1 is 1.64 bits per heavy atom. The minimum Gasteiger partial charge on any atom is -0.307 e. The van der Waals surface area contributed by atoms with Crippen LogP contribution in [0.2, 0.25) is 0 Å². The molecule has 2 rings (SSSR count). The van der Waals surface area contributed by atoms with Crippen molar-refractivity contribution in [2.24, 2.45) is 0 Å². The standard InChI is InChI=1S/C10H12BrNOS/c11-10-4-3-7(14-10)6-9(13)8-2-1-5-12-8/h3-4,8,12H,1-2,5-6H2. The third kappa shape index (κ3) is 2.43. The largest absolute Gasteiger partial charge is 0.307 e. The van der Waals surface area contributed by atoms with Crippen molar-refractivity contribution in [1.29, 1.82) is 0 Å². The number of nitrogens with one attached hydrogen (secondary N) is 1. The highest BCUT2D eigenvalue weighted by Crippen LogP contribution is 2.23. The molecule has 14 heavy (non-hydrogen) atoms. The Hall–Kier alpha value is -0.190. The summed E-state index contributed by atoms with van der Waals surface area (Å²) in [7, 11) is 0. The van der Waals surface area contributed by atoms with E-state index in [1.807, 2.05) is 12.1 Å². The van der Waals surface area contributed by atoms with Gasteiger partial charge in [-0.3, -0.25) is 4.79 Å². The molecule has 0 amide bonds. The lowest BCUT2D eigenvalue weighted by Crippen LogP contribution is -2.31. The number of thiophene rings is 1. The molecule has 0 bridgehead atoms. The first-order chi connectivity index (χ1) is 6.75. The third-order valence-corrected chi connectivity index (χ3v) is 4.05. The molecule has 1 aliphatic rings. The molecule has 4 heteroatoms. The number of carbonyl (C=O) groups excluding carboxylic acids is 1. The van der Waals surface area contributed by atoms with E-state index >= 15 is 0 Å². The molecular weight excluding hydrogens is 262 g/mol. The van der Waals surface area contributed by atoms with Crippen molar-refractivity contribution in [1.82, 2.24) is 5.32 Å². The first kappa shape index (κ1) is 10.3. The molecule has 1 N–H and O–H groups in total. The van der Waals surface area contributed by atoms with E-state index < -0.39 is 0 Å². The monoisotopic (exact) mass is 273 g/mol. The van der Waals surface area contributed by atoms with Gasteiger partial charge in [0.2, 0.25) is 0 Å². The van der Waals surface area contributed by atoms with Gasteiger partial charge in [-0.2, -0.15) is 0 Å². The predicted molar refractivity (Wildman–Crippen MR) is 61.8 cm³/mol. The number of Topliss-reactive ketones (excluding diaryl/α,β-unsaturated/α-hetero) is 1. The second-order valence-electron chi connectivity index (χ2n) is 3.50. The Morgan fingerprint density at radius 2 is 2.50 bits per heavy atom. The molecule has 0 radical (unpaired) electrons. The number of halogens is 1. The lowest BCUT2D eigenvalue weighted by molar-refractivity contribution is -0.120. The summed E-state index contributed by atoms with van der Waals surface area (Å²) in [4.78, 5) is 12.9. The Balaban J connectivity index is 1.93. The molecule has 0 aromatic carbocycles. The molecule has 1 saturated heterocycles. The zero-order valence-electron chi connectivity index (χ0n) is 7.75. The van der Waals surface area contributed by atoms with Gasteiger partial charge in [0.1, 0.15) is 0 Å². The summed E-state index contributed by atoms with van der Waals surface area (Å²) in [5, 5.41) is 3.23. The van der Waals surface area contributed by atoms with Crippen molar-refractivity contribution in [3.05, 3.63) is 20.8 Å². The number of hydrogen-bond acceptors (Lipinski definition) is 3. The highest BCUT2D eigenvalue weighted by molar-refractivity contribution is 9.11. The summed E-state index contributed by atoms with van der Waals surface area (Å²) in [6.07, 6.45) is 2.71. The number of carbonyl (C=O) groups is 1. The highest BCUT2D eigenvalue weighted by atomic mass is 79.9. The quantitative estimate of drug-likeness (QED) is 0.916. The van der Waals surface area contributed by atoms with Gasteiger partial charge in [0, 0.05) is 11.3 Å². The van der Waals surface area contributed by atoms with Crippen molar-refractivity contribution >= 4 is 33.0 Å². The van der Waals surface area contributed by atoms with Gasteiger partial charge in [-0.1, -0.05) is 0 Å². The van der Waals surface area contributed by atoms with Crippen LogP contribution < -0.4 is 5.32 Å². The van der Waals surface area contributed by atoms with Crippen LogP contribution in [0.3, 0.4) is 0 Å². The maximum absolute atomic E-state index is 11.8. The van der Waals surface area contributed by atoms with Crippen LogP contribution in [0.15, 0.2) is 15.9 Å². The van der Waals surface area contributed by atoms with E-state index in [0.29, 0.717) is 12.2 Å². The zero-order valence-corrected chi connectivity index (χ0v) is 10.2. The summed E-state index contributed by atoms with van der Waals surface area (Å²) in [5.74, 6) is 0.330. The minimum absolute atomic E-state index is 0.107. The molecule has 1 unspecified atom stereocenters. The third-order valence-electron chi connectivity index (χ3n) is 2.43. The van der Waals surface area contributed by atoms with E-state index in [2.05, 4.69) is 21.2 Å². The number of hydrogen-bond donors (Lipinski definition) is 1. The van der Waals surface area contributed by atoms with Crippen LogP contribution in [0.4, 0.5) is 0 Å². The van der Waals surface area contributed by atoms with Crippen LogP contribution in [0.25, 0.3) is 0 Å². The van der Waals surface area contributed by atoms with E-state index in [1.165, 1.54) is 0 Å². The Labute approximate surface area is 95.8 Å². The fraction of sp³-hybridized carbons (Fsp3) is 0.500. The van der Waals surface area contributed by atoms with E-state index in [0.717, 1.165) is 28.0 Å². The number of rotatable bonds is 3. The Kier molecular flexibility index (Phi) is 3.36. The maximum Gasteiger partial charge on any atom is 0.154 e. The highest BCUT2D eigenvalue weighted by Gasteiger charge is 2.22. The van der Waals surface area contributed by atoms with E-state index in [9.17, 15) is 4.79 Å². The molecule has 0 aliphatic carbocycles. The van der Waals surface area contributed by atoms with Gasteiger partial charge in [0.25, 0.3) is 0 Å². The zero-order chi connectivity index (χ0) is 9.97. The molecule has 2 heterocycles. The van der Waals surface area contributed by atoms with Crippen LogP contribution >= 0.6 is 27.3 Å². The summed E-state index contributed by atoms with van der Waals surface area (Å²) < 4.78 is 1.10. The predicted octanol–water partition coefficient (Wildman–Crippen LogP) is 2.37. The van der Waals surface area contributed by atoms with Crippen LogP contribution in [-0.4, -0.2) is 18.4 Å². The van der Waals surface area contributed by atoms with Gasteiger partial charge in [-0.15, -0.1) is 11.3 Å². The fourth-order valence-electron chi connectivity index (χ4n) is 1.70. The SMILES string of the molecule is O=C(Cc1ccc(Br)s1)C1CCCN1. The lowest BCUT2D eigenvalue weighted by Gasteiger charge is -2.06. The summed E-state index contributed by atoms with van der Waals surface area (Å²) in [5.41, 5.74) is 0. The van der Waals surface area contributed by atoms with Gasteiger partial charge in [-0.25, -0.2) is 0 Å². The van der Waals surface area contributed by atoms with E-state index in [-0.39, 0.29) is 6.04 Å². The van der Waals surface area contributed by atoms with Crippen molar-refractivity contribution in [2.75, 3.05) is 6.54 Å². The van der Waals surface area contributed by atoms with Gasteiger partial charge in [0.05, 0.1) is 9.83 Å². The molecule has 2 nitrogen and oxygen atoms in total. The van der Waals surface area contributed by atoms with Crippen molar-refractivity contribution < 1.29 is 4.79 Å². The Bertz CT molecular complexity index is 331. The smallest absolute Gasteiger partial charge is 0.154 e. The molecule has 76 valence electrons. The van der Waals surface area contributed by atoms with Crippen LogP contribution in [0, 0.1) is 0 Å². The fourth-order valence-corrected chi connectivity index (χ4v) is 3.19. The summed E-state index contributed by atoms with van der Waals surface area (Å²) in [6.45, 7) is 0.991. The van der Waals surface area contributed by atoms with Crippen LogP contribution in [0.5, 0.6) is 0 Å². The normalized spacial score (nSPS) is 21.4. The van der Waals surface area contributed by atoms with Gasteiger partial charge >= 0.3 is 0 Å². The van der Waals surface area contributed by atoms with Crippen molar-refractivity contribution in [3.63, 3.8) is 0 Å². The first-order valence-corrected chi connectivity index (χ1v) is 6.37. The molecule has 1 aliphatic heterocycles. The maximum atomic E-state index is 11.8. The second kappa shape index (κ2) is 4.55. The molecule has 0 spiro atoms.